The van der Waals surface area contributed by atoms with E-state index in [1.165, 1.54) is 11.3 Å². The molecule has 6 heteroatoms. The van der Waals surface area contributed by atoms with Crippen LogP contribution in [0, 0.1) is 0 Å². The summed E-state index contributed by atoms with van der Waals surface area (Å²) >= 11 is 0. The molecule has 2 saturated heterocycles. The van der Waals surface area contributed by atoms with Gasteiger partial charge in [-0.2, -0.15) is 0 Å². The molecule has 1 atom stereocenters. The third-order valence-corrected chi connectivity index (χ3v) is 6.25. The summed E-state index contributed by atoms with van der Waals surface area (Å²) in [7, 11) is 0. The number of β-amino-alcohol motifs (C(OH)–C–C–N with tert-alkyl or cyclic N) is 1. The number of pyridine rings is 1. The Morgan fingerprint density at radius 1 is 1.03 bits per heavy atom. The minimum atomic E-state index is -0.387. The van der Waals surface area contributed by atoms with Crippen molar-refractivity contribution in [3.05, 3.63) is 59.9 Å². The molecule has 0 aliphatic carbocycles. The van der Waals surface area contributed by atoms with Crippen molar-refractivity contribution in [2.45, 2.75) is 44.2 Å². The predicted molar refractivity (Wildman–Crippen MR) is 119 cm³/mol. The number of benzene rings is 1. The van der Waals surface area contributed by atoms with Crippen molar-refractivity contribution in [2.24, 2.45) is 0 Å². The first-order valence-electron chi connectivity index (χ1n) is 11.1. The lowest BCUT2D eigenvalue weighted by Crippen LogP contribution is -2.43. The van der Waals surface area contributed by atoms with Crippen molar-refractivity contribution in [3.8, 4) is 0 Å². The van der Waals surface area contributed by atoms with Gasteiger partial charge in [-0.1, -0.05) is 0 Å². The number of likely N-dealkylation sites (tertiary alicyclic amines) is 1. The summed E-state index contributed by atoms with van der Waals surface area (Å²) in [5.41, 5.74) is 3.21. The molecule has 0 radical (unpaired) electrons. The van der Waals surface area contributed by atoms with Crippen molar-refractivity contribution in [2.75, 3.05) is 37.6 Å². The Hall–Kier alpha value is -2.44. The summed E-state index contributed by atoms with van der Waals surface area (Å²) in [6.07, 6.45) is 8.26. The van der Waals surface area contributed by atoms with Crippen LogP contribution in [0.2, 0.25) is 0 Å². The van der Waals surface area contributed by atoms with Crippen LogP contribution in [0.1, 0.15) is 41.6 Å². The number of nitrogens with one attached hydrogen (secondary N) is 1. The maximum absolute atomic E-state index is 12.7. The molecule has 2 fully saturated rings. The molecule has 0 saturated carbocycles. The molecule has 0 unspecified atom stereocenters. The Balaban J connectivity index is 1.23. The fourth-order valence-electron chi connectivity index (χ4n) is 4.45. The highest BCUT2D eigenvalue weighted by molar-refractivity contribution is 5.94. The monoisotopic (exact) mass is 408 g/mol. The largest absolute Gasteiger partial charge is 0.391 e. The molecule has 2 aliphatic heterocycles. The van der Waals surface area contributed by atoms with Gasteiger partial charge in [-0.05, 0) is 80.6 Å². The number of carbonyl (C=O) groups excluding carboxylic acids is 1. The Morgan fingerprint density at radius 2 is 1.77 bits per heavy atom. The fraction of sp³-hybridized carbons (Fsp3) is 0.500. The number of carbonyl (C=O) groups is 1. The Morgan fingerprint density at radius 3 is 2.47 bits per heavy atom. The molecule has 1 aromatic heterocycles. The first-order chi connectivity index (χ1) is 14.7. The maximum atomic E-state index is 12.7. The SMILES string of the molecule is O=C(c1ccc(N2CCC(NCCc3ccncc3)CC2)cc1)N1CCC[C@H](O)C1. The highest BCUT2D eigenvalue weighted by Crippen LogP contribution is 2.22. The van der Waals surface area contributed by atoms with Crippen LogP contribution >= 0.6 is 0 Å². The van der Waals surface area contributed by atoms with Crippen molar-refractivity contribution >= 4 is 11.6 Å². The lowest BCUT2D eigenvalue weighted by molar-refractivity contribution is 0.0474. The minimum absolute atomic E-state index is 0.0254. The first kappa shape index (κ1) is 20.8. The van der Waals surface area contributed by atoms with E-state index in [-0.39, 0.29) is 12.0 Å². The first-order valence-corrected chi connectivity index (χ1v) is 11.1. The number of nitrogens with zero attached hydrogens (tertiary/aromatic N) is 3. The van der Waals surface area contributed by atoms with Crippen molar-refractivity contribution in [3.63, 3.8) is 0 Å². The van der Waals surface area contributed by atoms with E-state index in [2.05, 4.69) is 39.5 Å². The summed E-state index contributed by atoms with van der Waals surface area (Å²) in [5, 5.41) is 13.5. The average molecular weight is 409 g/mol. The highest BCUT2D eigenvalue weighted by Gasteiger charge is 2.23. The number of hydrogen-bond donors (Lipinski definition) is 2. The van der Waals surface area contributed by atoms with Gasteiger partial charge in [-0.3, -0.25) is 9.78 Å². The van der Waals surface area contributed by atoms with Gasteiger partial charge in [0.25, 0.3) is 5.91 Å². The molecule has 1 amide bonds. The predicted octanol–water partition coefficient (Wildman–Crippen LogP) is 2.48. The summed E-state index contributed by atoms with van der Waals surface area (Å²) in [6, 6.07) is 12.7. The van der Waals surface area contributed by atoms with E-state index in [0.717, 1.165) is 58.3 Å². The zero-order valence-corrected chi connectivity index (χ0v) is 17.5. The van der Waals surface area contributed by atoms with E-state index in [1.807, 2.05) is 24.5 Å². The topological polar surface area (TPSA) is 68.7 Å². The second-order valence-corrected chi connectivity index (χ2v) is 8.42. The molecule has 1 aromatic carbocycles. The zero-order valence-electron chi connectivity index (χ0n) is 17.5. The molecule has 160 valence electrons. The van der Waals surface area contributed by atoms with Crippen LogP contribution < -0.4 is 10.2 Å². The van der Waals surface area contributed by atoms with Crippen LogP contribution in [-0.4, -0.2) is 65.8 Å². The number of aliphatic hydroxyl groups excluding tert-OH is 1. The third-order valence-electron chi connectivity index (χ3n) is 6.25. The van der Waals surface area contributed by atoms with Gasteiger partial charge in [-0.25, -0.2) is 0 Å². The minimum Gasteiger partial charge on any atom is -0.391 e. The number of anilines is 1. The van der Waals surface area contributed by atoms with E-state index in [4.69, 9.17) is 0 Å². The number of aliphatic hydroxyl groups is 1. The summed E-state index contributed by atoms with van der Waals surface area (Å²) < 4.78 is 0. The van der Waals surface area contributed by atoms with E-state index < -0.39 is 0 Å². The van der Waals surface area contributed by atoms with Crippen molar-refractivity contribution in [1.82, 2.24) is 15.2 Å². The molecule has 2 aliphatic rings. The number of amides is 1. The zero-order chi connectivity index (χ0) is 20.8. The van der Waals surface area contributed by atoms with Gasteiger partial charge in [0.05, 0.1) is 6.10 Å². The number of aromatic nitrogens is 1. The van der Waals surface area contributed by atoms with Gasteiger partial charge < -0.3 is 20.2 Å². The van der Waals surface area contributed by atoms with Gasteiger partial charge in [0.15, 0.2) is 0 Å². The molecule has 3 heterocycles. The van der Waals surface area contributed by atoms with Gasteiger partial charge in [0, 0.05) is 55.9 Å². The molecule has 4 rings (SSSR count). The standard InChI is InChI=1S/C24H32N4O2/c29-23-2-1-15-28(18-23)24(30)20-3-5-22(6-4-20)27-16-10-21(11-17-27)26-14-9-19-7-12-25-13-8-19/h3-8,12-13,21,23,26,29H,1-2,9-11,14-18H2/t23-/m0/s1. The number of hydrogen-bond acceptors (Lipinski definition) is 5. The highest BCUT2D eigenvalue weighted by atomic mass is 16.3. The smallest absolute Gasteiger partial charge is 0.253 e. The Labute approximate surface area is 178 Å². The quantitative estimate of drug-likeness (QED) is 0.769. The van der Waals surface area contributed by atoms with Gasteiger partial charge in [-0.15, -0.1) is 0 Å². The molecule has 2 aromatic rings. The number of rotatable bonds is 6. The molecule has 2 N–H and O–H groups in total. The lowest BCUT2D eigenvalue weighted by atomic mass is 10.0. The normalized spacial score (nSPS) is 20.4. The second-order valence-electron chi connectivity index (χ2n) is 8.42. The summed E-state index contributed by atoms with van der Waals surface area (Å²) in [5.74, 6) is 0.0254. The van der Waals surface area contributed by atoms with Crippen LogP contribution in [0.4, 0.5) is 5.69 Å². The van der Waals surface area contributed by atoms with Crippen LogP contribution in [0.25, 0.3) is 0 Å². The van der Waals surface area contributed by atoms with Crippen LogP contribution in [0.3, 0.4) is 0 Å². The molecular formula is C24H32N4O2. The Kier molecular flexibility index (Phi) is 6.97. The van der Waals surface area contributed by atoms with E-state index >= 15 is 0 Å². The molecular weight excluding hydrogens is 376 g/mol. The van der Waals surface area contributed by atoms with E-state index in [0.29, 0.717) is 18.2 Å². The van der Waals surface area contributed by atoms with E-state index in [9.17, 15) is 9.90 Å². The van der Waals surface area contributed by atoms with Gasteiger partial charge in [0.1, 0.15) is 0 Å². The van der Waals surface area contributed by atoms with Crippen LogP contribution in [0.15, 0.2) is 48.8 Å². The Bertz CT molecular complexity index is 804. The maximum Gasteiger partial charge on any atom is 0.253 e. The second kappa shape index (κ2) is 10.0. The summed E-state index contributed by atoms with van der Waals surface area (Å²) in [6.45, 7) is 4.23. The number of piperidine rings is 2. The third kappa shape index (κ3) is 5.37. The molecule has 6 nitrogen and oxygen atoms in total. The molecule has 0 spiro atoms. The fourth-order valence-corrected chi connectivity index (χ4v) is 4.45. The van der Waals surface area contributed by atoms with E-state index in [1.54, 1.807) is 4.90 Å². The van der Waals surface area contributed by atoms with Crippen molar-refractivity contribution in [1.29, 1.82) is 0 Å². The van der Waals surface area contributed by atoms with Crippen molar-refractivity contribution < 1.29 is 9.90 Å². The molecule has 30 heavy (non-hydrogen) atoms. The lowest BCUT2D eigenvalue weighted by Gasteiger charge is -2.34. The van der Waals surface area contributed by atoms with Gasteiger partial charge >= 0.3 is 0 Å². The average Bonchev–Trinajstić information content (AvgIpc) is 2.80. The van der Waals surface area contributed by atoms with Gasteiger partial charge in [0.2, 0.25) is 0 Å². The van der Waals surface area contributed by atoms with Crippen LogP contribution in [0.5, 0.6) is 0 Å². The van der Waals surface area contributed by atoms with Crippen LogP contribution in [-0.2, 0) is 6.42 Å². The molecule has 0 bridgehead atoms. The summed E-state index contributed by atoms with van der Waals surface area (Å²) in [4.78, 5) is 20.9.